The Bertz CT molecular complexity index is 1740. The second-order valence-electron chi connectivity index (χ2n) is 11.3. The van der Waals surface area contributed by atoms with E-state index in [1.165, 1.54) is 24.3 Å². The molecule has 10 heteroatoms. The number of hydrogen-bond donors (Lipinski definition) is 0. The van der Waals surface area contributed by atoms with E-state index in [-0.39, 0.29) is 34.3 Å². The number of halogens is 7. The zero-order valence-electron chi connectivity index (χ0n) is 24.9. The molecule has 0 aromatic heterocycles. The molecular formula is C36H30F7NO2. The molecule has 0 saturated heterocycles. The predicted molar refractivity (Wildman–Crippen MR) is 159 cm³/mol. The lowest BCUT2D eigenvalue weighted by Crippen LogP contribution is -2.24. The maximum absolute atomic E-state index is 15.1. The molecule has 0 heterocycles. The van der Waals surface area contributed by atoms with Gasteiger partial charge in [0.1, 0.15) is 46.5 Å². The van der Waals surface area contributed by atoms with Crippen molar-refractivity contribution >= 4 is 0 Å². The Balaban J connectivity index is 1.28. The second kappa shape index (κ2) is 14.0. The average Bonchev–Trinajstić information content (AvgIpc) is 3.01. The summed E-state index contributed by atoms with van der Waals surface area (Å²) < 4.78 is 114. The summed E-state index contributed by atoms with van der Waals surface area (Å²) >= 11 is 0. The highest BCUT2D eigenvalue weighted by atomic mass is 19.3. The van der Waals surface area contributed by atoms with Crippen LogP contribution in [0.3, 0.4) is 0 Å². The Morgan fingerprint density at radius 2 is 1.37 bits per heavy atom. The third kappa shape index (κ3) is 7.20. The van der Waals surface area contributed by atoms with E-state index in [1.807, 2.05) is 0 Å². The third-order valence-electron chi connectivity index (χ3n) is 8.24. The fourth-order valence-corrected chi connectivity index (χ4v) is 5.73. The SMILES string of the molecule is CCCCOC1CCC(c2ccc(C(F)(F)Oc3ccc(-c4ccc(-c5cc(F)c(C#N)c(F)c5)c(F)c4)c(F)c3)c(F)c2)CC1. The van der Waals surface area contributed by atoms with E-state index in [9.17, 15) is 17.6 Å². The summed E-state index contributed by atoms with van der Waals surface area (Å²) in [4.78, 5) is 0. The standard InChI is InChI=1S/C36H30F7NO2/c1-2-3-14-45-25-8-4-21(5-9-25)22-7-13-30(35(41)15-22)36(42,43)46-26-10-12-27(34(40)19-26)23-6-11-28(31(37)16-23)24-17-32(38)29(20-44)33(39)18-24/h6-7,10-13,15-19,21,25H,2-5,8-9,14H2,1H3. The molecule has 0 N–H and O–H groups in total. The topological polar surface area (TPSA) is 42.2 Å². The Morgan fingerprint density at radius 3 is 1.98 bits per heavy atom. The second-order valence-corrected chi connectivity index (χ2v) is 11.3. The Morgan fingerprint density at radius 1 is 0.739 bits per heavy atom. The van der Waals surface area contributed by atoms with E-state index in [4.69, 9.17) is 14.7 Å². The van der Waals surface area contributed by atoms with Gasteiger partial charge in [-0.1, -0.05) is 31.5 Å². The maximum atomic E-state index is 15.1. The largest absolute Gasteiger partial charge is 0.429 e. The average molecular weight is 642 g/mol. The maximum Gasteiger partial charge on any atom is 0.429 e. The Hall–Kier alpha value is -4.36. The van der Waals surface area contributed by atoms with Gasteiger partial charge in [-0.05, 0) is 97.2 Å². The smallest absolute Gasteiger partial charge is 0.429 e. The number of nitrogens with zero attached hydrogens (tertiary/aromatic N) is 1. The van der Waals surface area contributed by atoms with Crippen molar-refractivity contribution in [3.05, 3.63) is 113 Å². The lowest BCUT2D eigenvalue weighted by molar-refractivity contribution is -0.187. The molecular weight excluding hydrogens is 611 g/mol. The highest BCUT2D eigenvalue weighted by Crippen LogP contribution is 2.39. The first-order chi connectivity index (χ1) is 22.0. The van der Waals surface area contributed by atoms with Gasteiger partial charge in [-0.15, -0.1) is 0 Å². The van der Waals surface area contributed by atoms with Crippen molar-refractivity contribution in [1.82, 2.24) is 0 Å². The summed E-state index contributed by atoms with van der Waals surface area (Å²) in [6.07, 6.45) is 1.20. The quantitative estimate of drug-likeness (QED) is 0.128. The van der Waals surface area contributed by atoms with Crippen LogP contribution in [-0.4, -0.2) is 12.7 Å². The minimum absolute atomic E-state index is 0.00911. The summed E-state index contributed by atoms with van der Waals surface area (Å²) in [5.74, 6) is -6.01. The van der Waals surface area contributed by atoms with Gasteiger partial charge >= 0.3 is 6.11 Å². The van der Waals surface area contributed by atoms with Crippen LogP contribution in [-0.2, 0) is 10.8 Å². The summed E-state index contributed by atoms with van der Waals surface area (Å²) in [6, 6.07) is 12.7. The van der Waals surface area contributed by atoms with Gasteiger partial charge in [0.05, 0.1) is 11.7 Å². The number of rotatable bonds is 10. The van der Waals surface area contributed by atoms with E-state index in [0.29, 0.717) is 18.2 Å². The summed E-state index contributed by atoms with van der Waals surface area (Å²) in [7, 11) is 0. The van der Waals surface area contributed by atoms with Gasteiger partial charge < -0.3 is 9.47 Å². The molecule has 4 aromatic rings. The lowest BCUT2D eigenvalue weighted by Gasteiger charge is -2.29. The predicted octanol–water partition coefficient (Wildman–Crippen LogP) is 10.6. The number of unbranched alkanes of at least 4 members (excludes halogenated alkanes) is 1. The van der Waals surface area contributed by atoms with Gasteiger partial charge in [0.25, 0.3) is 0 Å². The molecule has 3 nitrogen and oxygen atoms in total. The fraction of sp³-hybridized carbons (Fsp3) is 0.306. The molecule has 46 heavy (non-hydrogen) atoms. The van der Waals surface area contributed by atoms with Crippen molar-refractivity contribution in [2.45, 2.75) is 63.6 Å². The van der Waals surface area contributed by atoms with Gasteiger partial charge in [-0.3, -0.25) is 0 Å². The van der Waals surface area contributed by atoms with Gasteiger partial charge in [0, 0.05) is 23.8 Å². The van der Waals surface area contributed by atoms with Gasteiger partial charge in [0.15, 0.2) is 0 Å². The summed E-state index contributed by atoms with van der Waals surface area (Å²) in [5.41, 5.74) is -1.73. The molecule has 1 aliphatic rings. The molecule has 0 atom stereocenters. The minimum Gasteiger partial charge on any atom is -0.429 e. The lowest BCUT2D eigenvalue weighted by atomic mass is 9.82. The van der Waals surface area contributed by atoms with Crippen LogP contribution in [0.25, 0.3) is 22.3 Å². The van der Waals surface area contributed by atoms with Crippen LogP contribution in [0.4, 0.5) is 30.7 Å². The number of nitriles is 1. The first-order valence-corrected chi connectivity index (χ1v) is 15.0. The molecule has 0 unspecified atom stereocenters. The van der Waals surface area contributed by atoms with Crippen LogP contribution in [0.15, 0.2) is 66.7 Å². The third-order valence-corrected chi connectivity index (χ3v) is 8.24. The van der Waals surface area contributed by atoms with Crippen molar-refractivity contribution in [1.29, 1.82) is 5.26 Å². The Labute approximate surface area is 262 Å². The summed E-state index contributed by atoms with van der Waals surface area (Å²) in [6.45, 7) is 2.79. The normalized spacial score (nSPS) is 16.7. The first-order valence-electron chi connectivity index (χ1n) is 15.0. The number of benzene rings is 4. The molecule has 1 saturated carbocycles. The van der Waals surface area contributed by atoms with E-state index in [2.05, 4.69) is 6.92 Å². The summed E-state index contributed by atoms with van der Waals surface area (Å²) in [5, 5.41) is 8.83. The molecule has 0 radical (unpaired) electrons. The minimum atomic E-state index is -4.12. The van der Waals surface area contributed by atoms with Crippen molar-refractivity contribution in [3.63, 3.8) is 0 Å². The van der Waals surface area contributed by atoms with Crippen molar-refractivity contribution < 1.29 is 40.2 Å². The Kier molecular flexibility index (Phi) is 10.0. The molecule has 0 spiro atoms. The van der Waals surface area contributed by atoms with Crippen LogP contribution < -0.4 is 4.74 Å². The van der Waals surface area contributed by atoms with E-state index >= 15 is 13.2 Å². The van der Waals surface area contributed by atoms with Gasteiger partial charge in [0.2, 0.25) is 0 Å². The van der Waals surface area contributed by atoms with E-state index in [0.717, 1.165) is 81.0 Å². The molecule has 0 amide bonds. The van der Waals surface area contributed by atoms with Crippen molar-refractivity contribution in [2.24, 2.45) is 0 Å². The molecule has 0 bridgehead atoms. The molecule has 240 valence electrons. The van der Waals surface area contributed by atoms with E-state index in [1.54, 1.807) is 0 Å². The zero-order chi connectivity index (χ0) is 33.0. The first kappa shape index (κ1) is 33.0. The van der Waals surface area contributed by atoms with Crippen molar-refractivity contribution in [3.8, 4) is 34.1 Å². The number of ether oxygens (including phenoxy) is 2. The molecule has 0 aliphatic heterocycles. The molecule has 1 fully saturated rings. The molecule has 5 rings (SSSR count). The van der Waals surface area contributed by atoms with Crippen LogP contribution >= 0.6 is 0 Å². The monoisotopic (exact) mass is 641 g/mol. The molecule has 4 aromatic carbocycles. The number of alkyl halides is 2. The number of hydrogen-bond acceptors (Lipinski definition) is 3. The van der Waals surface area contributed by atoms with Crippen LogP contribution in [0.2, 0.25) is 0 Å². The highest BCUT2D eigenvalue weighted by Gasteiger charge is 2.38. The highest BCUT2D eigenvalue weighted by molar-refractivity contribution is 5.72. The van der Waals surface area contributed by atoms with Gasteiger partial charge in [-0.25, -0.2) is 22.0 Å². The van der Waals surface area contributed by atoms with Crippen LogP contribution in [0.5, 0.6) is 5.75 Å². The zero-order valence-corrected chi connectivity index (χ0v) is 24.9. The van der Waals surface area contributed by atoms with Crippen LogP contribution in [0, 0.1) is 40.4 Å². The van der Waals surface area contributed by atoms with E-state index < -0.39 is 52.1 Å². The fourth-order valence-electron chi connectivity index (χ4n) is 5.73. The van der Waals surface area contributed by atoms with Crippen LogP contribution in [0.1, 0.15) is 68.1 Å². The van der Waals surface area contributed by atoms with Gasteiger partial charge in [-0.2, -0.15) is 14.0 Å². The molecule has 1 aliphatic carbocycles. The van der Waals surface area contributed by atoms with Crippen molar-refractivity contribution in [2.75, 3.05) is 6.61 Å².